The van der Waals surface area contributed by atoms with E-state index in [9.17, 15) is 4.79 Å². The molecule has 0 aliphatic heterocycles. The predicted octanol–water partition coefficient (Wildman–Crippen LogP) is 5.38. The van der Waals surface area contributed by atoms with Crippen molar-refractivity contribution in [2.45, 2.75) is 13.3 Å². The largest absolute Gasteiger partial charge is 0.471 e. The molecule has 0 saturated heterocycles. The number of carbonyl (C=O) groups is 1. The smallest absolute Gasteiger partial charge is 0.277 e. The lowest BCUT2D eigenvalue weighted by atomic mass is 10.2. The summed E-state index contributed by atoms with van der Waals surface area (Å²) in [6, 6.07) is 15.7. The van der Waals surface area contributed by atoms with Crippen molar-refractivity contribution in [2.24, 2.45) is 0 Å². The highest BCUT2D eigenvalue weighted by Gasteiger charge is 2.12. The third-order valence-electron chi connectivity index (χ3n) is 4.24. The third kappa shape index (κ3) is 5.58. The van der Waals surface area contributed by atoms with Gasteiger partial charge in [0.1, 0.15) is 5.75 Å². The number of aromatic nitrogens is 4. The van der Waals surface area contributed by atoms with E-state index in [0.29, 0.717) is 33.2 Å². The Kier molecular flexibility index (Phi) is 6.46. The van der Waals surface area contributed by atoms with Crippen LogP contribution in [-0.2, 0) is 13.3 Å². The fraction of sp³-hybridized carbons (Fsp3) is 0.0952. The van der Waals surface area contributed by atoms with Crippen molar-refractivity contribution < 1.29 is 9.53 Å². The number of anilines is 1. The molecular weight excluding hydrogens is 461 g/mol. The molecule has 1 N–H and O–H groups in total. The molecule has 0 aliphatic carbocycles. The van der Waals surface area contributed by atoms with Crippen LogP contribution in [-0.4, -0.2) is 25.5 Å². The number of hydrogen-bond donors (Lipinski definition) is 1. The summed E-state index contributed by atoms with van der Waals surface area (Å²) in [6.45, 7) is 0.633. The molecule has 0 saturated carbocycles. The monoisotopic (exact) mass is 475 g/mol. The zero-order valence-electron chi connectivity index (χ0n) is 16.0. The van der Waals surface area contributed by atoms with Gasteiger partial charge in [0.25, 0.3) is 5.91 Å². The molecule has 10 heteroatoms. The summed E-state index contributed by atoms with van der Waals surface area (Å²) in [4.78, 5) is 12.5. The Morgan fingerprint density at radius 1 is 0.935 bits per heavy atom. The fourth-order valence-corrected chi connectivity index (χ4v) is 3.27. The Balaban J connectivity index is 1.34. The van der Waals surface area contributed by atoms with Crippen molar-refractivity contribution in [3.8, 4) is 5.75 Å². The minimum Gasteiger partial charge on any atom is -0.471 e. The van der Waals surface area contributed by atoms with E-state index in [1.165, 1.54) is 4.68 Å². The van der Waals surface area contributed by atoms with Crippen LogP contribution in [0.3, 0.4) is 0 Å². The van der Waals surface area contributed by atoms with E-state index in [0.717, 1.165) is 5.56 Å². The number of nitrogens with zero attached hydrogens (tertiary/aromatic N) is 4. The summed E-state index contributed by atoms with van der Waals surface area (Å²) in [5, 5.41) is 12.9. The van der Waals surface area contributed by atoms with Gasteiger partial charge in [0, 0.05) is 23.5 Å². The van der Waals surface area contributed by atoms with Gasteiger partial charge in [-0.05, 0) is 42.0 Å². The van der Waals surface area contributed by atoms with E-state index in [1.807, 2.05) is 6.07 Å². The van der Waals surface area contributed by atoms with Crippen molar-refractivity contribution in [1.82, 2.24) is 19.6 Å². The Labute approximate surface area is 193 Å². The van der Waals surface area contributed by atoms with Crippen molar-refractivity contribution >= 4 is 46.5 Å². The van der Waals surface area contributed by atoms with E-state index in [4.69, 9.17) is 39.5 Å². The number of nitrogens with one attached hydrogen (secondary N) is 1. The van der Waals surface area contributed by atoms with Crippen LogP contribution in [0.2, 0.25) is 15.1 Å². The summed E-state index contributed by atoms with van der Waals surface area (Å²) >= 11 is 17.9. The van der Waals surface area contributed by atoms with Crippen LogP contribution in [0.5, 0.6) is 5.75 Å². The number of carbonyl (C=O) groups excluding carboxylic acids is 1. The number of amides is 1. The number of benzene rings is 2. The first kappa shape index (κ1) is 21.2. The molecule has 31 heavy (non-hydrogen) atoms. The molecule has 2 aromatic heterocycles. The molecule has 0 aliphatic rings. The average Bonchev–Trinajstić information content (AvgIpc) is 3.39. The maximum absolute atomic E-state index is 12.5. The quantitative estimate of drug-likeness (QED) is 0.389. The molecule has 0 fully saturated rings. The maximum atomic E-state index is 12.5. The molecule has 0 atom stereocenters. The minimum absolute atomic E-state index is 0.145. The topological polar surface area (TPSA) is 74.0 Å². The summed E-state index contributed by atoms with van der Waals surface area (Å²) in [5.41, 5.74) is 1.18. The first-order valence-electron chi connectivity index (χ1n) is 9.17. The molecule has 158 valence electrons. The second-order valence-electron chi connectivity index (χ2n) is 6.57. The van der Waals surface area contributed by atoms with Gasteiger partial charge in [0.05, 0.1) is 16.6 Å². The fourth-order valence-electron chi connectivity index (χ4n) is 2.77. The van der Waals surface area contributed by atoms with E-state index < -0.39 is 0 Å². The lowest BCUT2D eigenvalue weighted by molar-refractivity contribution is 0.101. The third-order valence-corrected chi connectivity index (χ3v) is 5.22. The standard InChI is InChI=1S/C21H16Cl3N5O2/c22-15-2-1-3-16(11-15)31-13-29-8-6-19(26-29)21(30)25-20-7-9-28(27-20)12-14-4-5-17(23)18(24)10-14/h1-11H,12-13H2,(H,25,27,30). The van der Waals surface area contributed by atoms with Gasteiger partial charge in [-0.2, -0.15) is 10.2 Å². The second-order valence-corrected chi connectivity index (χ2v) is 7.82. The van der Waals surface area contributed by atoms with Crippen LogP contribution in [0.4, 0.5) is 5.82 Å². The first-order chi connectivity index (χ1) is 15.0. The van der Waals surface area contributed by atoms with Gasteiger partial charge in [-0.15, -0.1) is 0 Å². The molecule has 0 radical (unpaired) electrons. The van der Waals surface area contributed by atoms with Crippen LogP contribution in [0.25, 0.3) is 0 Å². The predicted molar refractivity (Wildman–Crippen MR) is 120 cm³/mol. The van der Waals surface area contributed by atoms with Gasteiger partial charge in [-0.25, -0.2) is 4.68 Å². The average molecular weight is 477 g/mol. The molecule has 7 nitrogen and oxygen atoms in total. The molecule has 0 bridgehead atoms. The normalized spacial score (nSPS) is 10.8. The highest BCUT2D eigenvalue weighted by Crippen LogP contribution is 2.23. The van der Waals surface area contributed by atoms with E-state index >= 15 is 0 Å². The number of halogens is 3. The summed E-state index contributed by atoms with van der Waals surface area (Å²) < 4.78 is 8.81. The van der Waals surface area contributed by atoms with E-state index in [2.05, 4.69) is 15.5 Å². The molecule has 2 aromatic carbocycles. The van der Waals surface area contributed by atoms with Gasteiger partial charge >= 0.3 is 0 Å². The molecule has 0 unspecified atom stereocenters. The van der Waals surface area contributed by atoms with Gasteiger partial charge in [-0.1, -0.05) is 46.9 Å². The zero-order chi connectivity index (χ0) is 21.8. The van der Waals surface area contributed by atoms with Crippen molar-refractivity contribution in [2.75, 3.05) is 5.32 Å². The first-order valence-corrected chi connectivity index (χ1v) is 10.3. The minimum atomic E-state index is -0.374. The van der Waals surface area contributed by atoms with E-state index in [1.54, 1.807) is 65.6 Å². The Morgan fingerprint density at radius 3 is 2.58 bits per heavy atom. The lowest BCUT2D eigenvalue weighted by Gasteiger charge is -2.06. The van der Waals surface area contributed by atoms with Gasteiger partial charge in [-0.3, -0.25) is 9.48 Å². The number of hydrogen-bond acceptors (Lipinski definition) is 4. The van der Waals surface area contributed by atoms with Crippen LogP contribution in [0.15, 0.2) is 67.0 Å². The molecule has 2 heterocycles. The van der Waals surface area contributed by atoms with Crippen LogP contribution >= 0.6 is 34.8 Å². The summed E-state index contributed by atoms with van der Waals surface area (Å²) in [6.07, 6.45) is 3.41. The second kappa shape index (κ2) is 9.43. The Hall–Kier alpha value is -3.00. The molecule has 0 spiro atoms. The zero-order valence-corrected chi connectivity index (χ0v) is 18.3. The van der Waals surface area contributed by atoms with Gasteiger partial charge in [0.15, 0.2) is 18.2 Å². The van der Waals surface area contributed by atoms with Crippen LogP contribution in [0, 0.1) is 0 Å². The molecule has 4 rings (SSSR count). The van der Waals surface area contributed by atoms with Gasteiger partial charge in [0.2, 0.25) is 0 Å². The lowest BCUT2D eigenvalue weighted by Crippen LogP contribution is -2.15. The van der Waals surface area contributed by atoms with Crippen molar-refractivity contribution in [3.05, 3.63) is 93.3 Å². The summed E-state index contributed by atoms with van der Waals surface area (Å²) in [7, 11) is 0. The highest BCUT2D eigenvalue weighted by molar-refractivity contribution is 6.42. The Morgan fingerprint density at radius 2 is 1.77 bits per heavy atom. The molecule has 1 amide bonds. The highest BCUT2D eigenvalue weighted by atomic mass is 35.5. The van der Waals surface area contributed by atoms with Crippen molar-refractivity contribution in [3.63, 3.8) is 0 Å². The molecule has 4 aromatic rings. The van der Waals surface area contributed by atoms with Crippen LogP contribution < -0.4 is 10.1 Å². The maximum Gasteiger partial charge on any atom is 0.277 e. The van der Waals surface area contributed by atoms with Crippen LogP contribution in [0.1, 0.15) is 16.1 Å². The number of rotatable bonds is 7. The van der Waals surface area contributed by atoms with Gasteiger partial charge < -0.3 is 10.1 Å². The van der Waals surface area contributed by atoms with Crippen molar-refractivity contribution in [1.29, 1.82) is 0 Å². The SMILES string of the molecule is O=C(Nc1ccn(Cc2ccc(Cl)c(Cl)c2)n1)c1ccn(COc2cccc(Cl)c2)n1. The van der Waals surface area contributed by atoms with E-state index in [-0.39, 0.29) is 18.3 Å². The molecular formula is C21H16Cl3N5O2. The Bertz CT molecular complexity index is 1220. The summed E-state index contributed by atoms with van der Waals surface area (Å²) in [5.74, 6) is 0.651. The number of ether oxygens (including phenoxy) is 1.